The number of rotatable bonds is 13. The summed E-state index contributed by atoms with van der Waals surface area (Å²) in [6, 6.07) is 0. The number of hydrogen-bond acceptors (Lipinski definition) is 2. The number of aliphatic hydroxyl groups is 1. The summed E-state index contributed by atoms with van der Waals surface area (Å²) in [5.74, 6) is 0.481. The zero-order valence-electron chi connectivity index (χ0n) is 14.8. The molecule has 0 heterocycles. The quantitative estimate of drug-likeness (QED) is 0.334. The third-order valence-corrected chi connectivity index (χ3v) is 5.35. The summed E-state index contributed by atoms with van der Waals surface area (Å²) in [5, 5.41) is 11.2. The Morgan fingerprint density at radius 2 is 1.64 bits per heavy atom. The average molecular weight is 311 g/mol. The first-order valence-corrected chi connectivity index (χ1v) is 9.68. The smallest absolute Gasteiger partial charge is 0.0900 e. The molecule has 1 rings (SSSR count). The third kappa shape index (κ3) is 7.67. The highest BCUT2D eigenvalue weighted by Gasteiger charge is 2.36. The Bertz CT molecular complexity index is 271. The predicted octanol–water partition coefficient (Wildman–Crippen LogP) is 5.99. The van der Waals surface area contributed by atoms with Crippen LogP contribution in [0.4, 0.5) is 0 Å². The normalized spacial score (nSPS) is 18.8. The van der Waals surface area contributed by atoms with Crippen LogP contribution in [-0.2, 0) is 4.74 Å². The van der Waals surface area contributed by atoms with E-state index in [-0.39, 0.29) is 0 Å². The second-order valence-electron chi connectivity index (χ2n) is 7.10. The Hall–Kier alpha value is -0.500. The van der Waals surface area contributed by atoms with Crippen LogP contribution in [0.15, 0.2) is 12.8 Å². The first kappa shape index (κ1) is 19.5. The Morgan fingerprint density at radius 1 is 1.00 bits per heavy atom. The molecule has 1 atom stereocenters. The van der Waals surface area contributed by atoms with Crippen molar-refractivity contribution in [1.29, 1.82) is 0 Å². The van der Waals surface area contributed by atoms with Crippen molar-refractivity contribution in [2.24, 2.45) is 5.92 Å². The third-order valence-electron chi connectivity index (χ3n) is 5.35. The van der Waals surface area contributed by atoms with Crippen LogP contribution >= 0.6 is 0 Å². The summed E-state index contributed by atoms with van der Waals surface area (Å²) in [5.41, 5.74) is -0.507. The molecular weight excluding hydrogens is 272 g/mol. The molecule has 1 aliphatic rings. The second-order valence-corrected chi connectivity index (χ2v) is 7.10. The molecule has 0 aromatic heterocycles. The topological polar surface area (TPSA) is 29.5 Å². The van der Waals surface area contributed by atoms with Crippen molar-refractivity contribution in [3.05, 3.63) is 12.8 Å². The van der Waals surface area contributed by atoms with E-state index in [0.29, 0.717) is 12.5 Å². The van der Waals surface area contributed by atoms with Gasteiger partial charge in [-0.2, -0.15) is 0 Å². The van der Waals surface area contributed by atoms with Gasteiger partial charge in [-0.1, -0.05) is 77.7 Å². The molecule has 0 radical (unpaired) electrons. The molecule has 1 aliphatic carbocycles. The van der Waals surface area contributed by atoms with Gasteiger partial charge >= 0.3 is 0 Å². The maximum Gasteiger partial charge on any atom is 0.0900 e. The molecule has 2 nitrogen and oxygen atoms in total. The highest BCUT2D eigenvalue weighted by Crippen LogP contribution is 2.38. The first-order valence-electron chi connectivity index (χ1n) is 9.68. The fourth-order valence-electron chi connectivity index (χ4n) is 3.88. The molecule has 22 heavy (non-hydrogen) atoms. The molecule has 0 bridgehead atoms. The first-order chi connectivity index (χ1) is 10.7. The standard InChI is InChI=1S/C20H38O2/c1-3-5-6-7-8-9-13-16-20(21,17-18-22-4-2)19-14-11-10-12-15-19/h4,19,21H,2-3,5-18H2,1H3. The molecule has 130 valence electrons. The van der Waals surface area contributed by atoms with E-state index in [4.69, 9.17) is 4.74 Å². The van der Waals surface area contributed by atoms with E-state index >= 15 is 0 Å². The molecular formula is C20H38O2. The van der Waals surface area contributed by atoms with Gasteiger partial charge in [0.05, 0.1) is 18.5 Å². The van der Waals surface area contributed by atoms with Crippen LogP contribution in [0.2, 0.25) is 0 Å². The van der Waals surface area contributed by atoms with Gasteiger partial charge in [-0.05, 0) is 25.2 Å². The lowest BCUT2D eigenvalue weighted by Crippen LogP contribution is -2.40. The van der Waals surface area contributed by atoms with Crippen molar-refractivity contribution in [2.45, 2.75) is 102 Å². The summed E-state index contributed by atoms with van der Waals surface area (Å²) < 4.78 is 5.30. The van der Waals surface area contributed by atoms with E-state index < -0.39 is 5.60 Å². The largest absolute Gasteiger partial charge is 0.502 e. The zero-order chi connectivity index (χ0) is 16.1. The van der Waals surface area contributed by atoms with Crippen molar-refractivity contribution < 1.29 is 9.84 Å². The van der Waals surface area contributed by atoms with E-state index in [1.54, 1.807) is 0 Å². The predicted molar refractivity (Wildman–Crippen MR) is 94.9 cm³/mol. The van der Waals surface area contributed by atoms with E-state index in [0.717, 1.165) is 19.3 Å². The second kappa shape index (κ2) is 12.0. The van der Waals surface area contributed by atoms with Crippen LogP contribution in [0.5, 0.6) is 0 Å². The Morgan fingerprint density at radius 3 is 2.27 bits per heavy atom. The van der Waals surface area contributed by atoms with Crippen molar-refractivity contribution in [1.82, 2.24) is 0 Å². The van der Waals surface area contributed by atoms with E-state index in [9.17, 15) is 5.11 Å². The van der Waals surface area contributed by atoms with Crippen LogP contribution in [0.25, 0.3) is 0 Å². The summed E-state index contributed by atoms with van der Waals surface area (Å²) in [6.45, 7) is 6.46. The summed E-state index contributed by atoms with van der Waals surface area (Å²) in [6.07, 6.45) is 18.7. The van der Waals surface area contributed by atoms with E-state index in [2.05, 4.69) is 13.5 Å². The minimum atomic E-state index is -0.507. The van der Waals surface area contributed by atoms with Gasteiger partial charge in [-0.25, -0.2) is 0 Å². The molecule has 0 saturated heterocycles. The van der Waals surface area contributed by atoms with Gasteiger partial charge in [-0.3, -0.25) is 0 Å². The van der Waals surface area contributed by atoms with Gasteiger partial charge in [0.15, 0.2) is 0 Å². The van der Waals surface area contributed by atoms with Gasteiger partial charge in [0.2, 0.25) is 0 Å². The SMILES string of the molecule is C=COCCC(O)(CCCCCCCCC)C1CCCCC1. The number of ether oxygens (including phenoxy) is 1. The van der Waals surface area contributed by atoms with Crippen molar-refractivity contribution in [3.63, 3.8) is 0 Å². The summed E-state index contributed by atoms with van der Waals surface area (Å²) in [4.78, 5) is 0. The monoisotopic (exact) mass is 310 g/mol. The molecule has 1 N–H and O–H groups in total. The maximum absolute atomic E-state index is 11.2. The van der Waals surface area contributed by atoms with Gasteiger partial charge < -0.3 is 9.84 Å². The van der Waals surface area contributed by atoms with Gasteiger partial charge in [-0.15, -0.1) is 0 Å². The van der Waals surface area contributed by atoms with Crippen LogP contribution in [0.3, 0.4) is 0 Å². The molecule has 0 aromatic rings. The molecule has 0 spiro atoms. The summed E-state index contributed by atoms with van der Waals surface area (Å²) >= 11 is 0. The zero-order valence-corrected chi connectivity index (χ0v) is 14.8. The van der Waals surface area contributed by atoms with Crippen molar-refractivity contribution in [2.75, 3.05) is 6.61 Å². The van der Waals surface area contributed by atoms with Gasteiger partial charge in [0.25, 0.3) is 0 Å². The van der Waals surface area contributed by atoms with Crippen LogP contribution in [0.1, 0.15) is 96.8 Å². The average Bonchev–Trinajstić information content (AvgIpc) is 2.55. The van der Waals surface area contributed by atoms with E-state index in [1.165, 1.54) is 76.9 Å². The highest BCUT2D eigenvalue weighted by atomic mass is 16.5. The van der Waals surface area contributed by atoms with Crippen LogP contribution < -0.4 is 0 Å². The molecule has 0 amide bonds. The fourth-order valence-corrected chi connectivity index (χ4v) is 3.88. The Kier molecular flexibility index (Phi) is 10.7. The maximum atomic E-state index is 11.2. The number of hydrogen-bond donors (Lipinski definition) is 1. The molecule has 1 saturated carbocycles. The number of unbranched alkanes of at least 4 members (excludes halogenated alkanes) is 6. The lowest BCUT2D eigenvalue weighted by molar-refractivity contribution is -0.0591. The lowest BCUT2D eigenvalue weighted by atomic mass is 9.73. The Labute approximate surface area is 138 Å². The molecule has 0 aromatic carbocycles. The Balaban J connectivity index is 2.31. The molecule has 1 fully saturated rings. The fraction of sp³-hybridized carbons (Fsp3) is 0.900. The summed E-state index contributed by atoms with van der Waals surface area (Å²) in [7, 11) is 0. The minimum Gasteiger partial charge on any atom is -0.502 e. The van der Waals surface area contributed by atoms with E-state index in [1.807, 2.05) is 0 Å². The van der Waals surface area contributed by atoms with Crippen LogP contribution in [-0.4, -0.2) is 17.3 Å². The van der Waals surface area contributed by atoms with Crippen LogP contribution in [0, 0.1) is 5.92 Å². The molecule has 0 aliphatic heterocycles. The minimum absolute atomic E-state index is 0.481. The van der Waals surface area contributed by atoms with Crippen molar-refractivity contribution >= 4 is 0 Å². The molecule has 2 heteroatoms. The molecule has 1 unspecified atom stereocenters. The van der Waals surface area contributed by atoms with Gasteiger partial charge in [0.1, 0.15) is 0 Å². The highest BCUT2D eigenvalue weighted by molar-refractivity contribution is 4.88. The van der Waals surface area contributed by atoms with Gasteiger partial charge in [0, 0.05) is 6.42 Å². The lowest BCUT2D eigenvalue weighted by Gasteiger charge is -2.38. The van der Waals surface area contributed by atoms with Crippen molar-refractivity contribution in [3.8, 4) is 0 Å².